The Morgan fingerprint density at radius 1 is 1.26 bits per heavy atom. The Kier molecular flexibility index (Phi) is 4.70. The lowest BCUT2D eigenvalue weighted by Crippen LogP contribution is -2.32. The standard InChI is InChI=1S/C21H20ClNO4/c1-3-5-13-8-19(24)27-20-16(13)10-18(22)21-17(20)11-23(12-26-21)14-6-4-7-15(9-14)25-2/h4,6-10H,3,5,11-12H2,1-2H3. The first kappa shape index (κ1) is 17.7. The van der Waals surface area contributed by atoms with Crippen LogP contribution >= 0.6 is 11.6 Å². The number of rotatable bonds is 4. The van der Waals surface area contributed by atoms with Gasteiger partial charge in [-0.3, -0.25) is 0 Å². The van der Waals surface area contributed by atoms with E-state index in [0.29, 0.717) is 29.6 Å². The molecule has 140 valence electrons. The molecule has 6 heteroatoms. The van der Waals surface area contributed by atoms with Gasteiger partial charge in [0.05, 0.1) is 24.2 Å². The van der Waals surface area contributed by atoms with Crippen LogP contribution in [-0.4, -0.2) is 13.8 Å². The van der Waals surface area contributed by atoms with Crippen molar-refractivity contribution in [3.8, 4) is 11.5 Å². The fraction of sp³-hybridized carbons (Fsp3) is 0.286. The number of methoxy groups -OCH3 is 1. The topological polar surface area (TPSA) is 51.9 Å². The summed E-state index contributed by atoms with van der Waals surface area (Å²) in [5.74, 6) is 1.35. The van der Waals surface area contributed by atoms with Crippen molar-refractivity contribution in [3.63, 3.8) is 0 Å². The van der Waals surface area contributed by atoms with Gasteiger partial charge in [-0.05, 0) is 30.2 Å². The average Bonchev–Trinajstić information content (AvgIpc) is 2.69. The zero-order chi connectivity index (χ0) is 19.0. The van der Waals surface area contributed by atoms with Gasteiger partial charge in [0.25, 0.3) is 0 Å². The van der Waals surface area contributed by atoms with E-state index < -0.39 is 0 Å². The first-order chi connectivity index (χ1) is 13.1. The van der Waals surface area contributed by atoms with E-state index in [1.54, 1.807) is 13.2 Å². The summed E-state index contributed by atoms with van der Waals surface area (Å²) in [5.41, 5.74) is 2.90. The molecule has 27 heavy (non-hydrogen) atoms. The number of hydrogen-bond donors (Lipinski definition) is 0. The maximum atomic E-state index is 12.1. The third-order valence-electron chi connectivity index (χ3n) is 4.77. The Balaban J connectivity index is 1.84. The molecule has 0 unspecified atom stereocenters. The fourth-order valence-electron chi connectivity index (χ4n) is 3.50. The molecule has 1 aliphatic heterocycles. The Morgan fingerprint density at radius 3 is 2.89 bits per heavy atom. The van der Waals surface area contributed by atoms with Crippen LogP contribution < -0.4 is 20.0 Å². The van der Waals surface area contributed by atoms with Crippen molar-refractivity contribution in [1.82, 2.24) is 0 Å². The molecule has 0 saturated heterocycles. The summed E-state index contributed by atoms with van der Waals surface area (Å²) in [7, 11) is 1.64. The van der Waals surface area contributed by atoms with Gasteiger partial charge < -0.3 is 18.8 Å². The van der Waals surface area contributed by atoms with Crippen molar-refractivity contribution in [2.75, 3.05) is 18.7 Å². The highest BCUT2D eigenvalue weighted by atomic mass is 35.5. The zero-order valence-corrected chi connectivity index (χ0v) is 16.0. The van der Waals surface area contributed by atoms with Crippen molar-refractivity contribution in [2.45, 2.75) is 26.3 Å². The highest BCUT2D eigenvalue weighted by Gasteiger charge is 2.25. The number of benzene rings is 2. The molecule has 1 aliphatic rings. The van der Waals surface area contributed by atoms with Gasteiger partial charge in [-0.25, -0.2) is 4.79 Å². The minimum Gasteiger partial charge on any atom is -0.497 e. The van der Waals surface area contributed by atoms with Gasteiger partial charge in [-0.2, -0.15) is 0 Å². The smallest absolute Gasteiger partial charge is 0.336 e. The number of nitrogens with zero attached hydrogens (tertiary/aromatic N) is 1. The SMILES string of the molecule is CCCc1cc(=O)oc2c3c(c(Cl)cc12)OCN(c1cccc(OC)c1)C3. The molecule has 4 rings (SSSR count). The second-order valence-electron chi connectivity index (χ2n) is 6.56. The fourth-order valence-corrected chi connectivity index (χ4v) is 3.78. The maximum Gasteiger partial charge on any atom is 0.336 e. The molecular formula is C21H20ClNO4. The van der Waals surface area contributed by atoms with E-state index in [-0.39, 0.29) is 5.63 Å². The van der Waals surface area contributed by atoms with Crippen LogP contribution in [0.5, 0.6) is 11.5 Å². The lowest BCUT2D eigenvalue weighted by Gasteiger charge is -2.31. The number of anilines is 1. The maximum absolute atomic E-state index is 12.1. The Hall–Kier alpha value is -2.66. The number of hydrogen-bond acceptors (Lipinski definition) is 5. The lowest BCUT2D eigenvalue weighted by molar-refractivity contribution is 0.289. The van der Waals surface area contributed by atoms with Crippen LogP contribution in [0.3, 0.4) is 0 Å². The summed E-state index contributed by atoms with van der Waals surface area (Å²) < 4.78 is 16.8. The summed E-state index contributed by atoms with van der Waals surface area (Å²) in [4.78, 5) is 14.2. The molecular weight excluding hydrogens is 366 g/mol. The van der Waals surface area contributed by atoms with Crippen LogP contribution in [0.25, 0.3) is 11.0 Å². The molecule has 3 aromatic rings. The molecule has 2 heterocycles. The summed E-state index contributed by atoms with van der Waals surface area (Å²) in [5, 5.41) is 1.41. The average molecular weight is 386 g/mol. The normalized spacial score (nSPS) is 13.4. The first-order valence-electron chi connectivity index (χ1n) is 8.90. The van der Waals surface area contributed by atoms with Gasteiger partial charge in [0.2, 0.25) is 0 Å². The van der Waals surface area contributed by atoms with Crippen molar-refractivity contribution in [1.29, 1.82) is 0 Å². The largest absolute Gasteiger partial charge is 0.497 e. The summed E-state index contributed by atoms with van der Waals surface area (Å²) >= 11 is 6.49. The minimum absolute atomic E-state index is 0.351. The summed E-state index contributed by atoms with van der Waals surface area (Å²) in [6.45, 7) is 2.95. The van der Waals surface area contributed by atoms with Crippen LogP contribution in [0, 0.1) is 0 Å². The molecule has 0 N–H and O–H groups in total. The van der Waals surface area contributed by atoms with Crippen LogP contribution in [-0.2, 0) is 13.0 Å². The van der Waals surface area contributed by atoms with Gasteiger partial charge in [-0.15, -0.1) is 0 Å². The van der Waals surface area contributed by atoms with E-state index in [2.05, 4.69) is 6.92 Å². The van der Waals surface area contributed by atoms with Gasteiger partial charge in [0.1, 0.15) is 17.1 Å². The molecule has 0 radical (unpaired) electrons. The van der Waals surface area contributed by atoms with Crippen LogP contribution in [0.2, 0.25) is 5.02 Å². The van der Waals surface area contributed by atoms with Crippen molar-refractivity contribution in [2.24, 2.45) is 0 Å². The Bertz CT molecular complexity index is 1060. The van der Waals surface area contributed by atoms with Crippen molar-refractivity contribution < 1.29 is 13.9 Å². The number of ether oxygens (including phenoxy) is 2. The van der Waals surface area contributed by atoms with Crippen LogP contribution in [0.1, 0.15) is 24.5 Å². The predicted molar refractivity (Wildman–Crippen MR) is 106 cm³/mol. The van der Waals surface area contributed by atoms with Crippen molar-refractivity contribution in [3.05, 3.63) is 63.0 Å². The number of halogens is 1. The summed E-state index contributed by atoms with van der Waals surface area (Å²) in [6.07, 6.45) is 1.72. The van der Waals surface area contributed by atoms with Crippen LogP contribution in [0.15, 0.2) is 45.6 Å². The van der Waals surface area contributed by atoms with Gasteiger partial charge in [0.15, 0.2) is 6.73 Å². The van der Waals surface area contributed by atoms with E-state index in [1.165, 1.54) is 0 Å². The minimum atomic E-state index is -0.353. The molecule has 0 saturated carbocycles. The van der Waals surface area contributed by atoms with E-state index in [9.17, 15) is 4.79 Å². The van der Waals surface area contributed by atoms with E-state index >= 15 is 0 Å². The van der Waals surface area contributed by atoms with Crippen molar-refractivity contribution >= 4 is 28.3 Å². The first-order valence-corrected chi connectivity index (χ1v) is 9.28. The predicted octanol–water partition coefficient (Wildman–Crippen LogP) is 4.76. The van der Waals surface area contributed by atoms with E-state index in [0.717, 1.165) is 40.8 Å². The molecule has 5 nitrogen and oxygen atoms in total. The molecule has 0 atom stereocenters. The van der Waals surface area contributed by atoms with E-state index in [1.807, 2.05) is 35.2 Å². The molecule has 0 bridgehead atoms. The number of aryl methyl sites for hydroxylation is 1. The third-order valence-corrected chi connectivity index (χ3v) is 5.05. The second-order valence-corrected chi connectivity index (χ2v) is 6.96. The number of fused-ring (bicyclic) bond motifs is 3. The summed E-state index contributed by atoms with van der Waals surface area (Å²) in [6, 6.07) is 11.1. The van der Waals surface area contributed by atoms with Crippen LogP contribution in [0.4, 0.5) is 5.69 Å². The molecule has 0 amide bonds. The Morgan fingerprint density at radius 2 is 2.11 bits per heavy atom. The van der Waals surface area contributed by atoms with Gasteiger partial charge in [0, 0.05) is 23.2 Å². The molecule has 2 aromatic carbocycles. The van der Waals surface area contributed by atoms with Gasteiger partial charge >= 0.3 is 5.63 Å². The third kappa shape index (κ3) is 3.23. The Labute approximate surface area is 162 Å². The zero-order valence-electron chi connectivity index (χ0n) is 15.3. The second kappa shape index (κ2) is 7.16. The lowest BCUT2D eigenvalue weighted by atomic mass is 10.0. The highest BCUT2D eigenvalue weighted by Crippen LogP contribution is 2.40. The molecule has 0 fully saturated rings. The quantitative estimate of drug-likeness (QED) is 0.606. The molecule has 0 spiro atoms. The molecule has 0 aliphatic carbocycles. The molecule has 1 aromatic heterocycles. The van der Waals surface area contributed by atoms with E-state index in [4.69, 9.17) is 25.5 Å². The van der Waals surface area contributed by atoms with Gasteiger partial charge in [-0.1, -0.05) is 31.0 Å². The monoisotopic (exact) mass is 385 g/mol. The highest BCUT2D eigenvalue weighted by molar-refractivity contribution is 6.33.